The maximum Gasteiger partial charge on any atom is 0.416 e. The van der Waals surface area contributed by atoms with Crippen LogP contribution in [0.3, 0.4) is 0 Å². The maximum atomic E-state index is 12.6. The summed E-state index contributed by atoms with van der Waals surface area (Å²) in [6.07, 6.45) is -4.39. The first-order valence-electron chi connectivity index (χ1n) is 5.06. The Labute approximate surface area is 110 Å². The van der Waals surface area contributed by atoms with Gasteiger partial charge in [0.05, 0.1) is 5.56 Å². The van der Waals surface area contributed by atoms with Crippen LogP contribution in [0.15, 0.2) is 53.0 Å². The SMILES string of the molecule is FC(F)(F)c1cc(Br)cc(Oc2ccccc2)c1. The highest BCUT2D eigenvalue weighted by atomic mass is 79.9. The Morgan fingerprint density at radius 1 is 0.889 bits per heavy atom. The number of benzene rings is 2. The van der Waals surface area contributed by atoms with Crippen molar-refractivity contribution in [1.82, 2.24) is 0 Å². The number of ether oxygens (including phenoxy) is 1. The molecule has 2 rings (SSSR count). The number of alkyl halides is 3. The van der Waals surface area contributed by atoms with Gasteiger partial charge in [-0.25, -0.2) is 0 Å². The number of rotatable bonds is 2. The van der Waals surface area contributed by atoms with E-state index in [1.54, 1.807) is 30.3 Å². The molecule has 0 amide bonds. The van der Waals surface area contributed by atoms with Crippen molar-refractivity contribution in [2.24, 2.45) is 0 Å². The average Bonchev–Trinajstić information content (AvgIpc) is 2.28. The smallest absolute Gasteiger partial charge is 0.416 e. The van der Waals surface area contributed by atoms with Crippen LogP contribution >= 0.6 is 15.9 Å². The van der Waals surface area contributed by atoms with E-state index in [1.807, 2.05) is 0 Å². The van der Waals surface area contributed by atoms with Gasteiger partial charge in [0.2, 0.25) is 0 Å². The fourth-order valence-corrected chi connectivity index (χ4v) is 1.88. The van der Waals surface area contributed by atoms with Gasteiger partial charge in [-0.2, -0.15) is 13.2 Å². The fourth-order valence-electron chi connectivity index (χ4n) is 1.41. The normalized spacial score (nSPS) is 11.3. The zero-order valence-corrected chi connectivity index (χ0v) is 10.6. The minimum atomic E-state index is -4.39. The van der Waals surface area contributed by atoms with E-state index < -0.39 is 11.7 Å². The van der Waals surface area contributed by atoms with Crippen LogP contribution < -0.4 is 4.74 Å². The lowest BCUT2D eigenvalue weighted by molar-refractivity contribution is -0.137. The van der Waals surface area contributed by atoms with Crippen molar-refractivity contribution in [3.05, 3.63) is 58.6 Å². The molecule has 0 unspecified atom stereocenters. The Morgan fingerprint density at radius 2 is 1.56 bits per heavy atom. The van der Waals surface area contributed by atoms with Gasteiger partial charge in [0.25, 0.3) is 0 Å². The predicted molar refractivity (Wildman–Crippen MR) is 65.7 cm³/mol. The minimum Gasteiger partial charge on any atom is -0.457 e. The van der Waals surface area contributed by atoms with Crippen molar-refractivity contribution in [1.29, 1.82) is 0 Å². The summed E-state index contributed by atoms with van der Waals surface area (Å²) in [5, 5.41) is 0. The summed E-state index contributed by atoms with van der Waals surface area (Å²) >= 11 is 3.04. The lowest BCUT2D eigenvalue weighted by Crippen LogP contribution is -2.04. The van der Waals surface area contributed by atoms with E-state index in [0.29, 0.717) is 10.2 Å². The van der Waals surface area contributed by atoms with Gasteiger partial charge >= 0.3 is 6.18 Å². The summed E-state index contributed by atoms with van der Waals surface area (Å²) in [7, 11) is 0. The summed E-state index contributed by atoms with van der Waals surface area (Å²) in [6.45, 7) is 0. The van der Waals surface area contributed by atoms with Crippen LogP contribution in [0.5, 0.6) is 11.5 Å². The molecule has 1 nitrogen and oxygen atoms in total. The number of para-hydroxylation sites is 1. The standard InChI is InChI=1S/C13H8BrF3O/c14-10-6-9(13(15,16)17)7-12(8-10)18-11-4-2-1-3-5-11/h1-8H. The molecule has 0 saturated carbocycles. The van der Waals surface area contributed by atoms with Crippen molar-refractivity contribution in [3.63, 3.8) is 0 Å². The second-order valence-electron chi connectivity index (χ2n) is 3.59. The fraction of sp³-hybridized carbons (Fsp3) is 0.0769. The summed E-state index contributed by atoms with van der Waals surface area (Å²) in [5.74, 6) is 0.631. The monoisotopic (exact) mass is 316 g/mol. The molecular weight excluding hydrogens is 309 g/mol. The molecule has 0 aliphatic rings. The summed E-state index contributed by atoms with van der Waals surface area (Å²) < 4.78 is 43.5. The first-order valence-corrected chi connectivity index (χ1v) is 5.85. The van der Waals surface area contributed by atoms with E-state index in [4.69, 9.17) is 4.74 Å². The van der Waals surface area contributed by atoms with Crippen LogP contribution in [0.25, 0.3) is 0 Å². The Kier molecular flexibility index (Phi) is 3.61. The Balaban J connectivity index is 2.32. The highest BCUT2D eigenvalue weighted by Crippen LogP contribution is 2.35. The van der Waals surface area contributed by atoms with Crippen LogP contribution in [0.1, 0.15) is 5.56 Å². The molecule has 18 heavy (non-hydrogen) atoms. The summed E-state index contributed by atoms with van der Waals surface area (Å²) in [4.78, 5) is 0. The van der Waals surface area contributed by atoms with Gasteiger partial charge in [0.1, 0.15) is 11.5 Å². The van der Waals surface area contributed by atoms with Crippen LogP contribution in [0.2, 0.25) is 0 Å². The van der Waals surface area contributed by atoms with E-state index in [0.717, 1.165) is 12.1 Å². The third-order valence-electron chi connectivity index (χ3n) is 2.18. The lowest BCUT2D eigenvalue weighted by Gasteiger charge is -2.11. The topological polar surface area (TPSA) is 9.23 Å². The predicted octanol–water partition coefficient (Wildman–Crippen LogP) is 5.26. The number of hydrogen-bond donors (Lipinski definition) is 0. The Morgan fingerprint density at radius 3 is 2.17 bits per heavy atom. The molecule has 5 heteroatoms. The summed E-state index contributed by atoms with van der Waals surface area (Å²) in [5.41, 5.74) is -0.747. The van der Waals surface area contributed by atoms with Crippen LogP contribution in [0, 0.1) is 0 Å². The lowest BCUT2D eigenvalue weighted by atomic mass is 10.2. The molecule has 0 fully saturated rings. The van der Waals surface area contributed by atoms with E-state index in [2.05, 4.69) is 15.9 Å². The zero-order valence-electron chi connectivity index (χ0n) is 9.04. The number of hydrogen-bond acceptors (Lipinski definition) is 1. The van der Waals surface area contributed by atoms with Gasteiger partial charge in [-0.3, -0.25) is 0 Å². The maximum absolute atomic E-state index is 12.6. The molecule has 0 heterocycles. The second kappa shape index (κ2) is 5.02. The molecule has 2 aromatic carbocycles. The molecular formula is C13H8BrF3O. The van der Waals surface area contributed by atoms with Crippen LogP contribution in [0.4, 0.5) is 13.2 Å². The molecule has 0 N–H and O–H groups in total. The molecule has 0 aromatic heterocycles. The van der Waals surface area contributed by atoms with Crippen LogP contribution in [-0.2, 0) is 6.18 Å². The van der Waals surface area contributed by atoms with E-state index in [9.17, 15) is 13.2 Å². The highest BCUT2D eigenvalue weighted by molar-refractivity contribution is 9.10. The molecule has 0 saturated heterocycles. The first kappa shape index (κ1) is 13.0. The second-order valence-corrected chi connectivity index (χ2v) is 4.50. The largest absolute Gasteiger partial charge is 0.457 e. The quantitative estimate of drug-likeness (QED) is 0.734. The molecule has 0 spiro atoms. The van der Waals surface area contributed by atoms with E-state index in [-0.39, 0.29) is 5.75 Å². The molecule has 0 aliphatic heterocycles. The average molecular weight is 317 g/mol. The van der Waals surface area contributed by atoms with E-state index >= 15 is 0 Å². The number of halogens is 4. The van der Waals surface area contributed by atoms with Crippen LogP contribution in [-0.4, -0.2) is 0 Å². The van der Waals surface area contributed by atoms with Gasteiger partial charge in [0.15, 0.2) is 0 Å². The van der Waals surface area contributed by atoms with Gasteiger partial charge in [-0.15, -0.1) is 0 Å². The van der Waals surface area contributed by atoms with Crippen molar-refractivity contribution < 1.29 is 17.9 Å². The molecule has 94 valence electrons. The molecule has 0 radical (unpaired) electrons. The molecule has 2 aromatic rings. The van der Waals surface area contributed by atoms with Gasteiger partial charge in [-0.1, -0.05) is 34.1 Å². The van der Waals surface area contributed by atoms with Crippen molar-refractivity contribution in [3.8, 4) is 11.5 Å². The van der Waals surface area contributed by atoms with E-state index in [1.165, 1.54) is 6.07 Å². The molecule has 0 bridgehead atoms. The Hall–Kier alpha value is -1.49. The third-order valence-corrected chi connectivity index (χ3v) is 2.64. The van der Waals surface area contributed by atoms with Gasteiger partial charge in [0, 0.05) is 4.47 Å². The van der Waals surface area contributed by atoms with Gasteiger partial charge < -0.3 is 4.74 Å². The van der Waals surface area contributed by atoms with Gasteiger partial charge in [-0.05, 0) is 30.3 Å². The highest BCUT2D eigenvalue weighted by Gasteiger charge is 2.31. The Bertz CT molecular complexity index is 538. The third kappa shape index (κ3) is 3.26. The molecule has 0 atom stereocenters. The van der Waals surface area contributed by atoms with Crippen molar-refractivity contribution in [2.45, 2.75) is 6.18 Å². The van der Waals surface area contributed by atoms with Crippen molar-refractivity contribution in [2.75, 3.05) is 0 Å². The zero-order chi connectivity index (χ0) is 13.2. The first-order chi connectivity index (χ1) is 8.45. The molecule has 0 aliphatic carbocycles. The van der Waals surface area contributed by atoms with Crippen molar-refractivity contribution >= 4 is 15.9 Å². The minimum absolute atomic E-state index is 0.142. The summed E-state index contributed by atoms with van der Waals surface area (Å²) in [6, 6.07) is 12.1.